The number of amides is 2. The molecule has 1 aliphatic carbocycles. The van der Waals surface area contributed by atoms with Gasteiger partial charge in [0.15, 0.2) is 0 Å². The fourth-order valence-electron chi connectivity index (χ4n) is 5.01. The molecule has 1 aliphatic heterocycles. The molecule has 0 unspecified atom stereocenters. The molecule has 2 aromatic carbocycles. The molecule has 0 spiro atoms. The lowest BCUT2D eigenvalue weighted by atomic mass is 9.86. The van der Waals surface area contributed by atoms with Crippen molar-refractivity contribution in [2.75, 3.05) is 19.7 Å². The van der Waals surface area contributed by atoms with E-state index in [9.17, 15) is 14.7 Å². The Hall–Kier alpha value is -3.12. The minimum atomic E-state index is -0.669. The number of likely N-dealkylation sites (tertiary alicyclic amines) is 1. The Morgan fingerprint density at radius 2 is 1.49 bits per heavy atom. The summed E-state index contributed by atoms with van der Waals surface area (Å²) in [5, 5.41) is 12.3. The molecule has 1 saturated heterocycles. The highest BCUT2D eigenvalue weighted by atomic mass is 16.6. The highest BCUT2D eigenvalue weighted by Crippen LogP contribution is 2.38. The van der Waals surface area contributed by atoms with E-state index in [0.29, 0.717) is 13.1 Å². The molecule has 0 aromatic heterocycles. The van der Waals surface area contributed by atoms with Gasteiger partial charge in [-0.05, 0) is 74.3 Å². The maximum absolute atomic E-state index is 13.0. The van der Waals surface area contributed by atoms with Gasteiger partial charge in [0, 0.05) is 19.5 Å². The molecule has 2 amide bonds. The number of carbonyl (C=O) groups is 2. The lowest BCUT2D eigenvalue weighted by molar-refractivity contribution is -0.132. The summed E-state index contributed by atoms with van der Waals surface area (Å²) in [6, 6.07) is 16.7. The van der Waals surface area contributed by atoms with Crippen LogP contribution in [0.25, 0.3) is 5.57 Å². The SMILES string of the molecule is CC(C)(C)OC(=O)N[C@@H](CO)CC(=O)N1CCC(=C2c3ccccc3CCc3ccccc32)CC1. The number of hydrogen-bond acceptors (Lipinski definition) is 4. The second-order valence-corrected chi connectivity index (χ2v) is 10.4. The molecule has 35 heavy (non-hydrogen) atoms. The Kier molecular flexibility index (Phi) is 7.60. The molecule has 2 aromatic rings. The number of fused-ring (bicyclic) bond motifs is 2. The summed E-state index contributed by atoms with van der Waals surface area (Å²) in [5.41, 5.74) is 7.47. The van der Waals surface area contributed by atoms with E-state index in [-0.39, 0.29) is 18.9 Å². The zero-order valence-corrected chi connectivity index (χ0v) is 21.0. The number of benzene rings is 2. The van der Waals surface area contributed by atoms with E-state index < -0.39 is 17.7 Å². The minimum absolute atomic E-state index is 0.0489. The van der Waals surface area contributed by atoms with Gasteiger partial charge in [-0.1, -0.05) is 54.1 Å². The van der Waals surface area contributed by atoms with Crippen molar-refractivity contribution in [2.45, 2.75) is 64.5 Å². The predicted molar refractivity (Wildman–Crippen MR) is 137 cm³/mol. The van der Waals surface area contributed by atoms with Crippen LogP contribution in [0.4, 0.5) is 4.79 Å². The number of carbonyl (C=O) groups excluding carboxylic acids is 2. The summed E-state index contributed by atoms with van der Waals surface area (Å²) in [6.45, 7) is 6.27. The number of aliphatic hydroxyl groups excluding tert-OH is 1. The first-order valence-electron chi connectivity index (χ1n) is 12.5. The summed E-state index contributed by atoms with van der Waals surface area (Å²) < 4.78 is 5.25. The van der Waals surface area contributed by atoms with Crippen LogP contribution in [0, 0.1) is 0 Å². The van der Waals surface area contributed by atoms with Crippen LogP contribution in [0.15, 0.2) is 54.1 Å². The lowest BCUT2D eigenvalue weighted by Gasteiger charge is -2.32. The third-order valence-electron chi connectivity index (χ3n) is 6.67. The number of nitrogens with zero attached hydrogens (tertiary/aromatic N) is 1. The molecular formula is C29H36N2O4. The molecule has 6 nitrogen and oxygen atoms in total. The standard InChI is InChI=1S/C29H36N2O4/c1-29(2,3)35-28(34)30-23(19-32)18-26(33)31-16-14-22(15-17-31)27-24-10-6-4-8-20(24)12-13-21-9-5-7-11-25(21)27/h4-11,23,32H,12-19H2,1-3H3,(H,30,34)/t23-/m1/s1. The Balaban J connectivity index is 1.47. The van der Waals surface area contributed by atoms with Gasteiger partial charge in [0.25, 0.3) is 0 Å². The molecule has 1 atom stereocenters. The van der Waals surface area contributed by atoms with Crippen LogP contribution < -0.4 is 5.32 Å². The Labute approximate surface area is 208 Å². The van der Waals surface area contributed by atoms with Gasteiger partial charge in [0.05, 0.1) is 12.6 Å². The number of hydrogen-bond donors (Lipinski definition) is 2. The van der Waals surface area contributed by atoms with E-state index in [1.165, 1.54) is 33.4 Å². The summed E-state index contributed by atoms with van der Waals surface area (Å²) in [4.78, 5) is 26.9. The van der Waals surface area contributed by atoms with Crippen molar-refractivity contribution in [1.82, 2.24) is 10.2 Å². The topological polar surface area (TPSA) is 78.9 Å². The van der Waals surface area contributed by atoms with Crippen LogP contribution >= 0.6 is 0 Å². The van der Waals surface area contributed by atoms with Crippen molar-refractivity contribution in [3.63, 3.8) is 0 Å². The molecule has 186 valence electrons. The van der Waals surface area contributed by atoms with Gasteiger partial charge in [-0.15, -0.1) is 0 Å². The van der Waals surface area contributed by atoms with Crippen molar-refractivity contribution in [3.8, 4) is 0 Å². The number of aryl methyl sites for hydroxylation is 2. The molecule has 6 heteroatoms. The van der Waals surface area contributed by atoms with Crippen LogP contribution in [0.1, 0.15) is 62.3 Å². The summed E-state index contributed by atoms with van der Waals surface area (Å²) in [7, 11) is 0. The van der Waals surface area contributed by atoms with Crippen molar-refractivity contribution in [1.29, 1.82) is 0 Å². The number of ether oxygens (including phenoxy) is 1. The maximum atomic E-state index is 13.0. The fraction of sp³-hybridized carbons (Fsp3) is 0.448. The first-order chi connectivity index (χ1) is 16.7. The monoisotopic (exact) mass is 476 g/mol. The van der Waals surface area contributed by atoms with E-state index in [1.54, 1.807) is 20.8 Å². The maximum Gasteiger partial charge on any atom is 0.407 e. The molecule has 1 heterocycles. The van der Waals surface area contributed by atoms with Crippen molar-refractivity contribution in [3.05, 3.63) is 76.4 Å². The molecule has 1 fully saturated rings. The molecule has 0 radical (unpaired) electrons. The van der Waals surface area contributed by atoms with Gasteiger partial charge < -0.3 is 20.1 Å². The first kappa shape index (κ1) is 25.0. The second-order valence-electron chi connectivity index (χ2n) is 10.4. The van der Waals surface area contributed by atoms with E-state index in [2.05, 4.69) is 53.8 Å². The number of rotatable bonds is 4. The second kappa shape index (κ2) is 10.6. The van der Waals surface area contributed by atoms with Gasteiger partial charge in [-0.3, -0.25) is 4.79 Å². The molecule has 0 saturated carbocycles. The Bertz CT molecular complexity index is 1060. The van der Waals surface area contributed by atoms with E-state index in [4.69, 9.17) is 4.74 Å². The molecular weight excluding hydrogens is 440 g/mol. The van der Waals surface area contributed by atoms with Gasteiger partial charge in [-0.2, -0.15) is 0 Å². The van der Waals surface area contributed by atoms with Gasteiger partial charge in [0.1, 0.15) is 5.60 Å². The fourth-order valence-corrected chi connectivity index (χ4v) is 5.01. The van der Waals surface area contributed by atoms with Crippen LogP contribution in [-0.4, -0.2) is 53.3 Å². The number of nitrogens with one attached hydrogen (secondary N) is 1. The highest BCUT2D eigenvalue weighted by Gasteiger charge is 2.27. The molecule has 0 bridgehead atoms. The Morgan fingerprint density at radius 1 is 0.943 bits per heavy atom. The normalized spacial score (nSPS) is 16.6. The smallest absolute Gasteiger partial charge is 0.407 e. The number of piperidine rings is 1. The van der Waals surface area contributed by atoms with Gasteiger partial charge in [-0.25, -0.2) is 4.79 Å². The Morgan fingerprint density at radius 3 is 2.00 bits per heavy atom. The molecule has 2 aliphatic rings. The van der Waals surface area contributed by atoms with Crippen LogP contribution in [0.2, 0.25) is 0 Å². The zero-order chi connectivity index (χ0) is 25.0. The van der Waals surface area contributed by atoms with Crippen LogP contribution in [0.3, 0.4) is 0 Å². The first-order valence-corrected chi connectivity index (χ1v) is 12.5. The van der Waals surface area contributed by atoms with E-state index in [1.807, 2.05) is 4.90 Å². The third-order valence-corrected chi connectivity index (χ3v) is 6.67. The highest BCUT2D eigenvalue weighted by molar-refractivity contribution is 5.86. The zero-order valence-electron chi connectivity index (χ0n) is 21.0. The van der Waals surface area contributed by atoms with E-state index in [0.717, 1.165) is 25.7 Å². The van der Waals surface area contributed by atoms with Crippen molar-refractivity contribution in [2.24, 2.45) is 0 Å². The summed E-state index contributed by atoms with van der Waals surface area (Å²) in [6.07, 6.45) is 3.11. The predicted octanol–water partition coefficient (Wildman–Crippen LogP) is 4.49. The number of alkyl carbamates (subject to hydrolysis) is 1. The van der Waals surface area contributed by atoms with Gasteiger partial charge in [0.2, 0.25) is 5.91 Å². The quantitative estimate of drug-likeness (QED) is 0.682. The number of aliphatic hydroxyl groups is 1. The van der Waals surface area contributed by atoms with Crippen molar-refractivity contribution >= 4 is 17.6 Å². The summed E-state index contributed by atoms with van der Waals surface area (Å²) >= 11 is 0. The third kappa shape index (κ3) is 6.12. The average molecular weight is 477 g/mol. The lowest BCUT2D eigenvalue weighted by Crippen LogP contribution is -2.45. The largest absolute Gasteiger partial charge is 0.444 e. The van der Waals surface area contributed by atoms with Crippen molar-refractivity contribution < 1.29 is 19.4 Å². The minimum Gasteiger partial charge on any atom is -0.444 e. The molecule has 2 N–H and O–H groups in total. The van der Waals surface area contributed by atoms with Gasteiger partial charge >= 0.3 is 6.09 Å². The average Bonchev–Trinajstić information content (AvgIpc) is 2.99. The van der Waals surface area contributed by atoms with Crippen LogP contribution in [0.5, 0.6) is 0 Å². The molecule has 4 rings (SSSR count). The van der Waals surface area contributed by atoms with Crippen LogP contribution in [-0.2, 0) is 22.4 Å². The summed E-state index contributed by atoms with van der Waals surface area (Å²) in [5.74, 6) is -0.0641. The van der Waals surface area contributed by atoms with E-state index >= 15 is 0 Å².